The molecule has 3 aromatic rings. The predicted molar refractivity (Wildman–Crippen MR) is 96.1 cm³/mol. The summed E-state index contributed by atoms with van der Waals surface area (Å²) in [5.74, 6) is -0.153. The summed E-state index contributed by atoms with van der Waals surface area (Å²) in [7, 11) is 0. The summed E-state index contributed by atoms with van der Waals surface area (Å²) >= 11 is 0. The van der Waals surface area contributed by atoms with Gasteiger partial charge in [0.25, 0.3) is 0 Å². The minimum absolute atomic E-state index is 0.0934. The maximum Gasteiger partial charge on any atom is 0.312 e. The van der Waals surface area contributed by atoms with Crippen LogP contribution in [0, 0.1) is 11.3 Å². The first-order valence-corrected chi connectivity index (χ1v) is 8.07. The first-order chi connectivity index (χ1) is 12.3. The van der Waals surface area contributed by atoms with Gasteiger partial charge in [0.2, 0.25) is 0 Å². The lowest BCUT2D eigenvalue weighted by Gasteiger charge is -2.17. The molecule has 3 nitrogen and oxygen atoms in total. The summed E-state index contributed by atoms with van der Waals surface area (Å²) in [6.07, 6.45) is 0.202. The zero-order valence-electron chi connectivity index (χ0n) is 13.6. The molecular weight excluding hydrogens is 310 g/mol. The molecule has 0 aromatic heterocycles. The van der Waals surface area contributed by atoms with Gasteiger partial charge in [-0.25, -0.2) is 0 Å². The van der Waals surface area contributed by atoms with E-state index in [9.17, 15) is 4.79 Å². The van der Waals surface area contributed by atoms with Crippen molar-refractivity contribution in [3.63, 3.8) is 0 Å². The van der Waals surface area contributed by atoms with Crippen molar-refractivity contribution in [3.05, 3.63) is 102 Å². The summed E-state index contributed by atoms with van der Waals surface area (Å²) in [4.78, 5) is 12.5. The second kappa shape index (κ2) is 7.94. The lowest BCUT2D eigenvalue weighted by atomic mass is 9.88. The fraction of sp³-hybridized carbons (Fsp3) is 0.0909. The molecule has 3 rings (SSSR count). The average Bonchev–Trinajstić information content (AvgIpc) is 2.68. The second-order valence-electron chi connectivity index (χ2n) is 5.66. The van der Waals surface area contributed by atoms with Crippen LogP contribution in [0.1, 0.15) is 29.0 Å². The number of nitriles is 1. The van der Waals surface area contributed by atoms with Crippen LogP contribution in [-0.2, 0) is 4.79 Å². The normalized spacial score (nSPS) is 10.2. The molecule has 0 bridgehead atoms. The largest absolute Gasteiger partial charge is 0.425 e. The molecule has 0 spiro atoms. The van der Waals surface area contributed by atoms with Crippen molar-refractivity contribution in [2.75, 3.05) is 0 Å². The molecule has 3 heteroatoms. The van der Waals surface area contributed by atoms with Gasteiger partial charge in [-0.05, 0) is 23.3 Å². The first kappa shape index (κ1) is 16.5. The van der Waals surface area contributed by atoms with E-state index >= 15 is 0 Å². The van der Waals surface area contributed by atoms with Crippen molar-refractivity contribution in [2.45, 2.75) is 12.3 Å². The number of hydrogen-bond acceptors (Lipinski definition) is 3. The summed E-state index contributed by atoms with van der Waals surface area (Å²) in [6, 6.07) is 28.6. The average molecular weight is 327 g/mol. The Kier molecular flexibility index (Phi) is 5.23. The Balaban J connectivity index is 1.83. The third kappa shape index (κ3) is 4.13. The van der Waals surface area contributed by atoms with Crippen molar-refractivity contribution >= 4 is 5.97 Å². The molecule has 0 radical (unpaired) electrons. The van der Waals surface area contributed by atoms with Crippen molar-refractivity contribution in [1.82, 2.24) is 0 Å². The number of rotatable bonds is 5. The van der Waals surface area contributed by atoms with E-state index in [0.29, 0.717) is 11.3 Å². The number of benzene rings is 3. The number of hydrogen-bond donors (Lipinski definition) is 0. The Morgan fingerprint density at radius 1 is 0.840 bits per heavy atom. The smallest absolute Gasteiger partial charge is 0.312 e. The standard InChI is InChI=1S/C22H17NO2/c23-16-19-13-7-8-14-21(19)25-22(24)15-20(17-9-3-1-4-10-17)18-11-5-2-6-12-18/h1-14,20H,15H2. The quantitative estimate of drug-likeness (QED) is 0.505. The van der Waals surface area contributed by atoms with Gasteiger partial charge in [-0.15, -0.1) is 0 Å². The van der Waals surface area contributed by atoms with Crippen LogP contribution in [0.3, 0.4) is 0 Å². The van der Waals surface area contributed by atoms with Crippen LogP contribution in [-0.4, -0.2) is 5.97 Å². The van der Waals surface area contributed by atoms with E-state index in [0.717, 1.165) is 11.1 Å². The van der Waals surface area contributed by atoms with Crippen LogP contribution in [0.2, 0.25) is 0 Å². The third-order valence-electron chi connectivity index (χ3n) is 4.01. The second-order valence-corrected chi connectivity index (χ2v) is 5.66. The summed E-state index contributed by atoms with van der Waals surface area (Å²) in [6.45, 7) is 0. The number of ether oxygens (including phenoxy) is 1. The number of carbonyl (C=O) groups is 1. The highest BCUT2D eigenvalue weighted by Gasteiger charge is 2.20. The molecule has 0 amide bonds. The van der Waals surface area contributed by atoms with Crippen LogP contribution < -0.4 is 4.74 Å². The molecule has 0 saturated carbocycles. The highest BCUT2D eigenvalue weighted by molar-refractivity contribution is 5.75. The van der Waals surface area contributed by atoms with Gasteiger partial charge in [-0.2, -0.15) is 5.26 Å². The predicted octanol–water partition coefficient (Wildman–Crippen LogP) is 4.69. The summed E-state index contributed by atoms with van der Waals surface area (Å²) in [5, 5.41) is 9.13. The van der Waals surface area contributed by atoms with E-state index in [1.807, 2.05) is 66.7 Å². The molecule has 0 saturated heterocycles. The van der Waals surface area contributed by atoms with E-state index in [-0.39, 0.29) is 18.3 Å². The molecule has 0 aliphatic heterocycles. The number of esters is 1. The Bertz CT molecular complexity index is 843. The Morgan fingerprint density at radius 3 is 1.92 bits per heavy atom. The Hall–Kier alpha value is -3.38. The molecule has 0 N–H and O–H groups in total. The van der Waals surface area contributed by atoms with Crippen molar-refractivity contribution in [2.24, 2.45) is 0 Å². The maximum atomic E-state index is 12.5. The van der Waals surface area contributed by atoms with E-state index < -0.39 is 0 Å². The van der Waals surface area contributed by atoms with Crippen molar-refractivity contribution in [1.29, 1.82) is 5.26 Å². The molecule has 3 aromatic carbocycles. The molecule has 0 aliphatic carbocycles. The fourth-order valence-corrected chi connectivity index (χ4v) is 2.78. The van der Waals surface area contributed by atoms with Gasteiger partial charge in [0.15, 0.2) is 0 Å². The minimum Gasteiger partial charge on any atom is -0.425 e. The van der Waals surface area contributed by atoms with Crippen LogP contribution in [0.15, 0.2) is 84.9 Å². The van der Waals surface area contributed by atoms with E-state index in [1.165, 1.54) is 0 Å². The van der Waals surface area contributed by atoms with E-state index in [4.69, 9.17) is 10.00 Å². The molecule has 0 unspecified atom stereocenters. The van der Waals surface area contributed by atoms with Crippen LogP contribution in [0.5, 0.6) is 5.75 Å². The van der Waals surface area contributed by atoms with Gasteiger partial charge in [-0.1, -0.05) is 72.8 Å². The van der Waals surface area contributed by atoms with Crippen LogP contribution >= 0.6 is 0 Å². The zero-order valence-corrected chi connectivity index (χ0v) is 13.6. The Labute approximate surface area is 147 Å². The molecule has 0 atom stereocenters. The lowest BCUT2D eigenvalue weighted by Crippen LogP contribution is -2.14. The highest BCUT2D eigenvalue weighted by Crippen LogP contribution is 2.29. The van der Waals surface area contributed by atoms with Gasteiger partial charge in [0.05, 0.1) is 12.0 Å². The van der Waals surface area contributed by atoms with E-state index in [2.05, 4.69) is 0 Å². The highest BCUT2D eigenvalue weighted by atomic mass is 16.5. The van der Waals surface area contributed by atoms with Gasteiger partial charge in [0.1, 0.15) is 11.8 Å². The van der Waals surface area contributed by atoms with Gasteiger partial charge < -0.3 is 4.74 Å². The summed E-state index contributed by atoms with van der Waals surface area (Å²) in [5.41, 5.74) is 2.46. The fourth-order valence-electron chi connectivity index (χ4n) is 2.78. The molecule has 0 heterocycles. The number of para-hydroxylation sites is 1. The molecule has 25 heavy (non-hydrogen) atoms. The molecule has 0 aliphatic rings. The molecule has 0 fully saturated rings. The monoisotopic (exact) mass is 327 g/mol. The lowest BCUT2D eigenvalue weighted by molar-refractivity contribution is -0.134. The topological polar surface area (TPSA) is 50.1 Å². The van der Waals surface area contributed by atoms with Crippen LogP contribution in [0.4, 0.5) is 0 Å². The van der Waals surface area contributed by atoms with Gasteiger partial charge in [-0.3, -0.25) is 4.79 Å². The molecular formula is C22H17NO2. The van der Waals surface area contributed by atoms with Gasteiger partial charge in [0, 0.05) is 5.92 Å². The third-order valence-corrected chi connectivity index (χ3v) is 4.01. The maximum absolute atomic E-state index is 12.5. The number of nitrogens with zero attached hydrogens (tertiary/aromatic N) is 1. The SMILES string of the molecule is N#Cc1ccccc1OC(=O)CC(c1ccccc1)c1ccccc1. The summed E-state index contributed by atoms with van der Waals surface area (Å²) < 4.78 is 5.45. The van der Waals surface area contributed by atoms with Crippen molar-refractivity contribution < 1.29 is 9.53 Å². The van der Waals surface area contributed by atoms with Crippen LogP contribution in [0.25, 0.3) is 0 Å². The zero-order chi connectivity index (χ0) is 17.5. The van der Waals surface area contributed by atoms with Gasteiger partial charge >= 0.3 is 5.97 Å². The molecule has 122 valence electrons. The minimum atomic E-state index is -0.361. The van der Waals surface area contributed by atoms with E-state index in [1.54, 1.807) is 24.3 Å². The first-order valence-electron chi connectivity index (χ1n) is 8.07. The number of carbonyl (C=O) groups excluding carboxylic acids is 1. The Morgan fingerprint density at radius 2 is 1.36 bits per heavy atom. The van der Waals surface area contributed by atoms with Crippen molar-refractivity contribution in [3.8, 4) is 11.8 Å².